The fourth-order valence-corrected chi connectivity index (χ4v) is 0.483. The van der Waals surface area contributed by atoms with Crippen molar-refractivity contribution in [3.05, 3.63) is 0 Å². The highest BCUT2D eigenvalue weighted by Crippen LogP contribution is 1.90. The molecule has 0 rings (SSSR count). The lowest BCUT2D eigenvalue weighted by atomic mass is 10.4. The van der Waals surface area contributed by atoms with Crippen molar-refractivity contribution in [1.82, 2.24) is 0 Å². The standard InChI is InChI=1S/C6H13ClO/c1-6(2)8-5-3-4-7/h6H,3-5H2,1-2H3. The third-order valence-corrected chi connectivity index (χ3v) is 0.996. The number of rotatable bonds is 4. The summed E-state index contributed by atoms with van der Waals surface area (Å²) in [7, 11) is 0. The number of ether oxygens (including phenoxy) is 1. The van der Waals surface area contributed by atoms with Crippen LogP contribution >= 0.6 is 11.6 Å². The molecule has 0 atom stereocenters. The predicted molar refractivity (Wildman–Crippen MR) is 36.4 cm³/mol. The topological polar surface area (TPSA) is 9.23 Å². The molecule has 0 aromatic heterocycles. The van der Waals surface area contributed by atoms with Crippen LogP contribution in [0, 0.1) is 0 Å². The van der Waals surface area contributed by atoms with E-state index in [1.165, 1.54) is 0 Å². The highest BCUT2D eigenvalue weighted by atomic mass is 35.5. The molecule has 0 aliphatic rings. The Bertz CT molecular complexity index is 45.8. The van der Waals surface area contributed by atoms with Crippen LogP contribution in [0.5, 0.6) is 0 Å². The highest BCUT2D eigenvalue weighted by molar-refractivity contribution is 6.17. The van der Waals surface area contributed by atoms with Gasteiger partial charge >= 0.3 is 0 Å². The van der Waals surface area contributed by atoms with Gasteiger partial charge in [-0.3, -0.25) is 0 Å². The summed E-state index contributed by atoms with van der Waals surface area (Å²) in [6.07, 6.45) is 1.30. The molecule has 0 saturated carbocycles. The van der Waals surface area contributed by atoms with Crippen LogP contribution in [0.3, 0.4) is 0 Å². The van der Waals surface area contributed by atoms with Gasteiger partial charge in [0.25, 0.3) is 0 Å². The molecule has 0 aliphatic carbocycles. The van der Waals surface area contributed by atoms with Gasteiger partial charge in [-0.15, -0.1) is 11.6 Å². The van der Waals surface area contributed by atoms with Gasteiger partial charge in [0.2, 0.25) is 0 Å². The minimum Gasteiger partial charge on any atom is -0.379 e. The van der Waals surface area contributed by atoms with E-state index < -0.39 is 0 Å². The highest BCUT2D eigenvalue weighted by Gasteiger charge is 1.89. The molecule has 0 unspecified atom stereocenters. The van der Waals surface area contributed by atoms with Crippen molar-refractivity contribution < 1.29 is 4.74 Å². The molecule has 0 radical (unpaired) electrons. The van der Waals surface area contributed by atoms with Crippen LogP contribution in [0.2, 0.25) is 0 Å². The van der Waals surface area contributed by atoms with E-state index in [1.807, 2.05) is 13.8 Å². The van der Waals surface area contributed by atoms with Crippen LogP contribution in [0.25, 0.3) is 0 Å². The smallest absolute Gasteiger partial charge is 0.0518 e. The molecule has 0 saturated heterocycles. The first kappa shape index (κ1) is 8.25. The molecule has 0 N–H and O–H groups in total. The average molecular weight is 137 g/mol. The fourth-order valence-electron chi connectivity index (χ4n) is 0.374. The lowest BCUT2D eigenvalue weighted by Crippen LogP contribution is -2.03. The Morgan fingerprint density at radius 1 is 1.50 bits per heavy atom. The zero-order valence-electron chi connectivity index (χ0n) is 5.48. The van der Waals surface area contributed by atoms with E-state index in [1.54, 1.807) is 0 Å². The Morgan fingerprint density at radius 2 is 2.12 bits per heavy atom. The molecule has 0 amide bonds. The van der Waals surface area contributed by atoms with Crippen molar-refractivity contribution in [2.45, 2.75) is 26.4 Å². The van der Waals surface area contributed by atoms with E-state index in [0.717, 1.165) is 13.0 Å². The van der Waals surface area contributed by atoms with Crippen LogP contribution in [-0.4, -0.2) is 18.6 Å². The maximum Gasteiger partial charge on any atom is 0.0518 e. The molecular weight excluding hydrogens is 124 g/mol. The zero-order chi connectivity index (χ0) is 6.41. The lowest BCUT2D eigenvalue weighted by Gasteiger charge is -2.04. The minimum atomic E-state index is 0.346. The molecule has 2 heteroatoms. The Kier molecular flexibility index (Phi) is 5.56. The van der Waals surface area contributed by atoms with Gasteiger partial charge in [-0.25, -0.2) is 0 Å². The first-order valence-corrected chi connectivity index (χ1v) is 3.48. The fraction of sp³-hybridized carbons (Fsp3) is 1.00. The van der Waals surface area contributed by atoms with Gasteiger partial charge in [0, 0.05) is 12.5 Å². The van der Waals surface area contributed by atoms with Gasteiger partial charge in [-0.1, -0.05) is 0 Å². The summed E-state index contributed by atoms with van der Waals surface area (Å²) in [6, 6.07) is 0. The number of hydrogen-bond acceptors (Lipinski definition) is 1. The molecule has 0 spiro atoms. The molecule has 0 aromatic rings. The lowest BCUT2D eigenvalue weighted by molar-refractivity contribution is 0.0798. The normalized spacial score (nSPS) is 10.5. The third kappa shape index (κ3) is 6.25. The quantitative estimate of drug-likeness (QED) is 0.425. The second-order valence-corrected chi connectivity index (χ2v) is 2.34. The van der Waals surface area contributed by atoms with Gasteiger partial charge < -0.3 is 4.74 Å². The van der Waals surface area contributed by atoms with Crippen LogP contribution in [0.15, 0.2) is 0 Å². The first-order chi connectivity index (χ1) is 3.77. The third-order valence-electron chi connectivity index (χ3n) is 0.729. The predicted octanol–water partition coefficient (Wildman–Crippen LogP) is 2.04. The van der Waals surface area contributed by atoms with E-state index in [0.29, 0.717) is 12.0 Å². The van der Waals surface area contributed by atoms with Crippen LogP contribution in [0.4, 0.5) is 0 Å². The van der Waals surface area contributed by atoms with E-state index in [2.05, 4.69) is 0 Å². The zero-order valence-corrected chi connectivity index (χ0v) is 6.24. The van der Waals surface area contributed by atoms with Crippen molar-refractivity contribution in [1.29, 1.82) is 0 Å². The molecule has 0 aromatic carbocycles. The van der Waals surface area contributed by atoms with E-state index >= 15 is 0 Å². The summed E-state index contributed by atoms with van der Waals surface area (Å²) in [4.78, 5) is 0. The average Bonchev–Trinajstić information content (AvgIpc) is 1.66. The first-order valence-electron chi connectivity index (χ1n) is 2.95. The molecule has 8 heavy (non-hydrogen) atoms. The van der Waals surface area contributed by atoms with Crippen molar-refractivity contribution in [2.24, 2.45) is 0 Å². The molecule has 0 fully saturated rings. The Labute approximate surface area is 56.0 Å². The van der Waals surface area contributed by atoms with Gasteiger partial charge in [-0.05, 0) is 20.3 Å². The molecule has 0 heterocycles. The largest absolute Gasteiger partial charge is 0.379 e. The monoisotopic (exact) mass is 136 g/mol. The summed E-state index contributed by atoms with van der Waals surface area (Å²) >= 11 is 5.40. The van der Waals surface area contributed by atoms with E-state index in [4.69, 9.17) is 16.3 Å². The van der Waals surface area contributed by atoms with Gasteiger partial charge in [-0.2, -0.15) is 0 Å². The number of hydrogen-bond donors (Lipinski definition) is 0. The van der Waals surface area contributed by atoms with Crippen molar-refractivity contribution in [2.75, 3.05) is 12.5 Å². The van der Waals surface area contributed by atoms with Crippen LogP contribution in [-0.2, 0) is 4.74 Å². The Balaban J connectivity index is 2.72. The van der Waals surface area contributed by atoms with Gasteiger partial charge in [0.15, 0.2) is 0 Å². The maximum atomic E-state index is 5.40. The number of alkyl halides is 1. The molecule has 0 bridgehead atoms. The van der Waals surface area contributed by atoms with E-state index in [-0.39, 0.29) is 0 Å². The second kappa shape index (κ2) is 5.39. The van der Waals surface area contributed by atoms with Crippen LogP contribution in [0.1, 0.15) is 20.3 Å². The molecule has 1 nitrogen and oxygen atoms in total. The van der Waals surface area contributed by atoms with Crippen molar-refractivity contribution in [3.63, 3.8) is 0 Å². The molecular formula is C6H13ClO. The maximum absolute atomic E-state index is 5.40. The molecule has 0 aliphatic heterocycles. The summed E-state index contributed by atoms with van der Waals surface area (Å²) in [6.45, 7) is 4.84. The minimum absolute atomic E-state index is 0.346. The van der Waals surface area contributed by atoms with Crippen molar-refractivity contribution >= 4 is 11.6 Å². The summed E-state index contributed by atoms with van der Waals surface area (Å²) in [5, 5.41) is 0. The summed E-state index contributed by atoms with van der Waals surface area (Å²) in [5.74, 6) is 0.701. The van der Waals surface area contributed by atoms with E-state index in [9.17, 15) is 0 Å². The van der Waals surface area contributed by atoms with Crippen LogP contribution < -0.4 is 0 Å². The van der Waals surface area contributed by atoms with Crippen molar-refractivity contribution in [3.8, 4) is 0 Å². The Hall–Kier alpha value is 0.250. The van der Waals surface area contributed by atoms with Gasteiger partial charge in [0.1, 0.15) is 0 Å². The second-order valence-electron chi connectivity index (χ2n) is 1.96. The summed E-state index contributed by atoms with van der Waals surface area (Å²) in [5.41, 5.74) is 0. The van der Waals surface area contributed by atoms with Gasteiger partial charge in [0.05, 0.1) is 6.10 Å². The summed E-state index contributed by atoms with van der Waals surface area (Å²) < 4.78 is 5.20. The molecule has 50 valence electrons. The Morgan fingerprint density at radius 3 is 2.50 bits per heavy atom. The SMILES string of the molecule is CC(C)OCCCCl. The number of halogens is 1.